The van der Waals surface area contributed by atoms with Crippen LogP contribution in [0.25, 0.3) is 55.8 Å². The van der Waals surface area contributed by atoms with Gasteiger partial charge in [0.1, 0.15) is 17.0 Å². The number of hydrogen-bond acceptors (Lipinski definition) is 5. The predicted molar refractivity (Wildman–Crippen MR) is 139 cm³/mol. The third kappa shape index (κ3) is 3.86. The summed E-state index contributed by atoms with van der Waals surface area (Å²) in [6, 6.07) is 13.0. The summed E-state index contributed by atoms with van der Waals surface area (Å²) in [7, 11) is 0. The summed E-state index contributed by atoms with van der Waals surface area (Å²) in [6.45, 7) is 0. The summed E-state index contributed by atoms with van der Waals surface area (Å²) in [5.74, 6) is -0.416. The standard InChI is InChI=1S/C28H19F2N7O/c29-18-3-1-2-15(8-18)20-6-7-32-26-24(20)34-27(35-26)25-21-10-16(11-22(30)23(21)36-37-25)17-9-19(13-31-12-17)33-28(38)14-4-5-14/h1-3,6-14H,4-5H2,(H,33,38)(H,36,37)(H,32,34,35). The van der Waals surface area contributed by atoms with Crippen LogP contribution in [-0.4, -0.2) is 36.0 Å². The highest BCUT2D eigenvalue weighted by Crippen LogP contribution is 2.35. The first-order chi connectivity index (χ1) is 18.5. The van der Waals surface area contributed by atoms with Crippen molar-refractivity contribution in [2.45, 2.75) is 12.8 Å². The molecule has 1 aliphatic carbocycles. The van der Waals surface area contributed by atoms with E-state index in [0.29, 0.717) is 50.4 Å². The monoisotopic (exact) mass is 507 g/mol. The maximum absolute atomic E-state index is 15.2. The van der Waals surface area contributed by atoms with Crippen molar-refractivity contribution in [3.63, 3.8) is 0 Å². The summed E-state index contributed by atoms with van der Waals surface area (Å²) in [5, 5.41) is 10.5. The van der Waals surface area contributed by atoms with E-state index in [0.717, 1.165) is 18.4 Å². The number of aromatic nitrogens is 6. The highest BCUT2D eigenvalue weighted by atomic mass is 19.1. The van der Waals surface area contributed by atoms with Crippen molar-refractivity contribution in [1.29, 1.82) is 0 Å². The largest absolute Gasteiger partial charge is 0.335 e. The minimum absolute atomic E-state index is 0.0289. The molecule has 38 heavy (non-hydrogen) atoms. The van der Waals surface area contributed by atoms with Crippen LogP contribution in [0.5, 0.6) is 0 Å². The summed E-state index contributed by atoms with van der Waals surface area (Å²) in [6.07, 6.45) is 6.58. The number of hydrogen-bond donors (Lipinski definition) is 3. The number of nitrogens with one attached hydrogen (secondary N) is 3. The zero-order valence-corrected chi connectivity index (χ0v) is 19.8. The molecule has 7 rings (SSSR count). The van der Waals surface area contributed by atoms with Gasteiger partial charge in [0.15, 0.2) is 17.3 Å². The SMILES string of the molecule is O=C(Nc1cncc(-c2cc(F)c3n[nH]c(-c4nc5nccc(-c6cccc(F)c6)c5[nH]4)c3c2)c1)C1CC1. The van der Waals surface area contributed by atoms with Gasteiger partial charge in [-0.25, -0.2) is 18.7 Å². The van der Waals surface area contributed by atoms with Gasteiger partial charge in [-0.3, -0.25) is 14.9 Å². The van der Waals surface area contributed by atoms with Gasteiger partial charge in [0.2, 0.25) is 5.91 Å². The maximum Gasteiger partial charge on any atom is 0.227 e. The average Bonchev–Trinajstić information content (AvgIpc) is 3.54. The fourth-order valence-corrected chi connectivity index (χ4v) is 4.60. The Bertz CT molecular complexity index is 1870. The summed E-state index contributed by atoms with van der Waals surface area (Å²) >= 11 is 0. The topological polar surface area (TPSA) is 112 Å². The van der Waals surface area contributed by atoms with Gasteiger partial charge >= 0.3 is 0 Å². The number of rotatable bonds is 5. The highest BCUT2D eigenvalue weighted by Gasteiger charge is 2.29. The number of amides is 1. The van der Waals surface area contributed by atoms with Crippen LogP contribution in [0.3, 0.4) is 0 Å². The fraction of sp³-hybridized carbons (Fsp3) is 0.107. The number of aromatic amines is 2. The summed E-state index contributed by atoms with van der Waals surface area (Å²) < 4.78 is 29.0. The van der Waals surface area contributed by atoms with Crippen LogP contribution in [0.2, 0.25) is 0 Å². The second-order valence-corrected chi connectivity index (χ2v) is 9.33. The van der Waals surface area contributed by atoms with E-state index in [2.05, 4.69) is 35.5 Å². The number of anilines is 1. The molecule has 186 valence electrons. The van der Waals surface area contributed by atoms with Crippen LogP contribution < -0.4 is 5.32 Å². The van der Waals surface area contributed by atoms with E-state index in [1.807, 2.05) is 0 Å². The molecular formula is C28H19F2N7O. The lowest BCUT2D eigenvalue weighted by atomic mass is 10.0. The van der Waals surface area contributed by atoms with Crippen molar-refractivity contribution >= 4 is 33.7 Å². The number of fused-ring (bicyclic) bond motifs is 2. The first-order valence-electron chi connectivity index (χ1n) is 12.1. The fourth-order valence-electron chi connectivity index (χ4n) is 4.60. The van der Waals surface area contributed by atoms with Gasteiger partial charge in [-0.05, 0) is 60.4 Å². The number of H-pyrrole nitrogens is 2. The zero-order chi connectivity index (χ0) is 25.8. The maximum atomic E-state index is 15.2. The van der Waals surface area contributed by atoms with E-state index in [4.69, 9.17) is 0 Å². The Morgan fingerprint density at radius 1 is 1.00 bits per heavy atom. The Morgan fingerprint density at radius 3 is 2.74 bits per heavy atom. The smallest absolute Gasteiger partial charge is 0.227 e. The molecular weight excluding hydrogens is 488 g/mol. The van der Waals surface area contributed by atoms with Gasteiger partial charge in [-0.1, -0.05) is 12.1 Å². The molecule has 1 amide bonds. The van der Waals surface area contributed by atoms with Gasteiger partial charge in [-0.2, -0.15) is 5.10 Å². The lowest BCUT2D eigenvalue weighted by Gasteiger charge is -2.07. The zero-order valence-electron chi connectivity index (χ0n) is 19.8. The molecule has 1 fully saturated rings. The molecule has 3 N–H and O–H groups in total. The van der Waals surface area contributed by atoms with Crippen LogP contribution in [-0.2, 0) is 4.79 Å². The Kier molecular flexibility index (Phi) is 5.00. The second-order valence-electron chi connectivity index (χ2n) is 9.33. The second kappa shape index (κ2) is 8.55. The molecule has 4 aromatic heterocycles. The van der Waals surface area contributed by atoms with Crippen LogP contribution >= 0.6 is 0 Å². The van der Waals surface area contributed by atoms with Gasteiger partial charge < -0.3 is 10.3 Å². The minimum Gasteiger partial charge on any atom is -0.335 e. The molecule has 0 aliphatic heterocycles. The van der Waals surface area contributed by atoms with Crippen molar-refractivity contribution in [3.8, 4) is 33.8 Å². The van der Waals surface area contributed by atoms with E-state index in [1.54, 1.807) is 48.9 Å². The van der Waals surface area contributed by atoms with Gasteiger partial charge in [0.05, 0.1) is 17.4 Å². The van der Waals surface area contributed by atoms with Crippen molar-refractivity contribution in [2.24, 2.45) is 5.92 Å². The first-order valence-corrected chi connectivity index (χ1v) is 12.1. The molecule has 6 aromatic rings. The lowest BCUT2D eigenvalue weighted by Crippen LogP contribution is -2.13. The van der Waals surface area contributed by atoms with E-state index >= 15 is 4.39 Å². The Hall–Kier alpha value is -4.99. The summed E-state index contributed by atoms with van der Waals surface area (Å²) in [5.41, 5.74) is 4.88. The molecule has 8 nitrogen and oxygen atoms in total. The Balaban J connectivity index is 1.31. The predicted octanol–water partition coefficient (Wildman–Crippen LogP) is 5.86. The normalized spacial score (nSPS) is 13.3. The van der Waals surface area contributed by atoms with Crippen LogP contribution in [0.15, 0.2) is 67.1 Å². The molecule has 0 radical (unpaired) electrons. The summed E-state index contributed by atoms with van der Waals surface area (Å²) in [4.78, 5) is 28.6. The molecule has 4 heterocycles. The highest BCUT2D eigenvalue weighted by molar-refractivity contribution is 5.98. The van der Waals surface area contributed by atoms with E-state index in [1.165, 1.54) is 18.2 Å². The number of benzene rings is 2. The Morgan fingerprint density at radius 2 is 1.89 bits per heavy atom. The van der Waals surface area contributed by atoms with Crippen molar-refractivity contribution in [1.82, 2.24) is 30.1 Å². The Labute approximate surface area is 214 Å². The van der Waals surface area contributed by atoms with Crippen LogP contribution in [0.1, 0.15) is 12.8 Å². The van der Waals surface area contributed by atoms with E-state index < -0.39 is 5.82 Å². The quantitative estimate of drug-likeness (QED) is 0.271. The number of nitrogens with zero attached hydrogens (tertiary/aromatic N) is 4. The van der Waals surface area contributed by atoms with Crippen molar-refractivity contribution in [3.05, 3.63) is 78.8 Å². The molecule has 0 bridgehead atoms. The van der Waals surface area contributed by atoms with E-state index in [-0.39, 0.29) is 23.2 Å². The molecule has 0 spiro atoms. The lowest BCUT2D eigenvalue weighted by molar-refractivity contribution is -0.117. The van der Waals surface area contributed by atoms with Gasteiger partial charge in [0.25, 0.3) is 0 Å². The van der Waals surface area contributed by atoms with Gasteiger partial charge in [0, 0.05) is 34.8 Å². The number of carbonyl (C=O) groups is 1. The third-order valence-electron chi connectivity index (χ3n) is 6.66. The average molecular weight is 508 g/mol. The molecule has 0 unspecified atom stereocenters. The van der Waals surface area contributed by atoms with Crippen LogP contribution in [0, 0.1) is 17.6 Å². The van der Waals surface area contributed by atoms with Crippen molar-refractivity contribution < 1.29 is 13.6 Å². The molecule has 1 saturated carbocycles. The van der Waals surface area contributed by atoms with Gasteiger partial charge in [-0.15, -0.1) is 0 Å². The molecule has 1 aliphatic rings. The molecule has 2 aromatic carbocycles. The first kappa shape index (κ1) is 22.2. The number of imidazole rings is 1. The number of carbonyl (C=O) groups excluding carboxylic acids is 1. The van der Waals surface area contributed by atoms with E-state index in [9.17, 15) is 9.18 Å². The van der Waals surface area contributed by atoms with Crippen molar-refractivity contribution in [2.75, 3.05) is 5.32 Å². The third-order valence-corrected chi connectivity index (χ3v) is 6.66. The molecule has 0 atom stereocenters. The van der Waals surface area contributed by atoms with Crippen LogP contribution in [0.4, 0.5) is 14.5 Å². The molecule has 10 heteroatoms. The minimum atomic E-state index is -0.512. The number of halogens is 2. The molecule has 0 saturated heterocycles. The number of pyridine rings is 2.